The summed E-state index contributed by atoms with van der Waals surface area (Å²) >= 11 is 0. The van der Waals surface area contributed by atoms with Crippen molar-refractivity contribution in [2.75, 3.05) is 0 Å². The zero-order chi connectivity index (χ0) is 32.3. The van der Waals surface area contributed by atoms with E-state index in [-0.39, 0.29) is 45.3 Å². The van der Waals surface area contributed by atoms with Crippen LogP contribution >= 0.6 is 0 Å². The summed E-state index contributed by atoms with van der Waals surface area (Å²) < 4.78 is 21.8. The molecule has 0 amide bonds. The number of rotatable bonds is 9. The Morgan fingerprint density at radius 1 is 0.409 bits per heavy atom. The summed E-state index contributed by atoms with van der Waals surface area (Å²) in [6, 6.07) is 17.7. The van der Waals surface area contributed by atoms with Gasteiger partial charge in [-0.2, -0.15) is 0 Å². The van der Waals surface area contributed by atoms with Crippen LogP contribution in [0, 0.1) is 0 Å². The van der Waals surface area contributed by atoms with Crippen molar-refractivity contribution < 1.29 is 38.1 Å². The molecule has 0 N–H and O–H groups in total. The zero-order valence-electron chi connectivity index (χ0n) is 24.9. The lowest BCUT2D eigenvalue weighted by atomic mass is 9.98. The fourth-order valence-electron chi connectivity index (χ4n) is 3.95. The Kier molecular flexibility index (Phi) is 8.95. The molecule has 0 aliphatic carbocycles. The van der Waals surface area contributed by atoms with Gasteiger partial charge in [0.1, 0.15) is 0 Å². The van der Waals surface area contributed by atoms with Crippen LogP contribution in [0.3, 0.4) is 0 Å². The van der Waals surface area contributed by atoms with Crippen LogP contribution in [0.1, 0.15) is 27.7 Å². The Hall–Kier alpha value is -5.76. The summed E-state index contributed by atoms with van der Waals surface area (Å²) in [5.74, 6) is -2.42. The molecule has 8 nitrogen and oxygen atoms in total. The first-order chi connectivity index (χ1) is 20.7. The summed E-state index contributed by atoms with van der Waals surface area (Å²) in [6.07, 6.45) is 0. The SMILES string of the molecule is C=C(C)C(=O)Oc1ccc(-c2ccc3cc4cc(OC(=O)C(=C)C)c(OC(=O)C(=C)C)cc4cc3c2)cc1OC(=O)C(=C)C. The van der Waals surface area contributed by atoms with Crippen LogP contribution < -0.4 is 18.9 Å². The highest BCUT2D eigenvalue weighted by Crippen LogP contribution is 2.38. The van der Waals surface area contributed by atoms with Crippen molar-refractivity contribution in [3.05, 3.63) is 109 Å². The molecule has 8 heteroatoms. The Bertz CT molecular complexity index is 1940. The maximum Gasteiger partial charge on any atom is 0.338 e. The van der Waals surface area contributed by atoms with Crippen molar-refractivity contribution in [1.82, 2.24) is 0 Å². The van der Waals surface area contributed by atoms with Crippen molar-refractivity contribution in [2.24, 2.45) is 0 Å². The van der Waals surface area contributed by atoms with E-state index in [4.69, 9.17) is 18.9 Å². The standard InChI is InChI=1S/C36H30O8/c1-19(2)33(37)41-29-12-11-25(16-30(29)42-34(38)20(3)4)23-9-10-24-14-27-17-31(43-35(39)21(5)6)32(44-36(40)22(7)8)18-28(27)15-26(24)13-23/h9-18H,1,3,5,7H2,2,4,6,8H3. The van der Waals surface area contributed by atoms with Gasteiger partial charge in [0.05, 0.1) is 0 Å². The summed E-state index contributed by atoms with van der Waals surface area (Å²) in [5, 5.41) is 3.18. The van der Waals surface area contributed by atoms with E-state index < -0.39 is 23.9 Å². The van der Waals surface area contributed by atoms with Gasteiger partial charge >= 0.3 is 23.9 Å². The Balaban J connectivity index is 1.80. The summed E-state index contributed by atoms with van der Waals surface area (Å²) in [6.45, 7) is 20.5. The molecule has 0 radical (unpaired) electrons. The molecule has 0 aliphatic heterocycles. The molecule has 0 spiro atoms. The predicted octanol–water partition coefficient (Wildman–Crippen LogP) is 7.59. The van der Waals surface area contributed by atoms with E-state index in [9.17, 15) is 19.2 Å². The number of carbonyl (C=O) groups excluding carboxylic acids is 4. The Morgan fingerprint density at radius 2 is 0.750 bits per heavy atom. The lowest BCUT2D eigenvalue weighted by molar-refractivity contribution is -0.132. The second-order valence-electron chi connectivity index (χ2n) is 10.4. The van der Waals surface area contributed by atoms with Crippen LogP contribution in [0.15, 0.2) is 109 Å². The first-order valence-corrected chi connectivity index (χ1v) is 13.4. The number of hydrogen-bond donors (Lipinski definition) is 0. The number of carbonyl (C=O) groups is 4. The third-order valence-electron chi connectivity index (χ3n) is 6.34. The van der Waals surface area contributed by atoms with E-state index in [1.54, 1.807) is 24.3 Å². The van der Waals surface area contributed by atoms with Gasteiger partial charge in [0.2, 0.25) is 0 Å². The third kappa shape index (κ3) is 6.99. The highest BCUT2D eigenvalue weighted by Gasteiger charge is 2.18. The van der Waals surface area contributed by atoms with E-state index in [0.29, 0.717) is 10.9 Å². The molecular weight excluding hydrogens is 560 g/mol. The van der Waals surface area contributed by atoms with Gasteiger partial charge in [-0.3, -0.25) is 0 Å². The maximum atomic E-state index is 12.3. The van der Waals surface area contributed by atoms with E-state index in [1.807, 2.05) is 30.3 Å². The second kappa shape index (κ2) is 12.6. The average molecular weight is 591 g/mol. The fraction of sp³-hybridized carbons (Fsp3) is 0.111. The molecular formula is C36H30O8. The molecule has 44 heavy (non-hydrogen) atoms. The van der Waals surface area contributed by atoms with Crippen LogP contribution in [0.2, 0.25) is 0 Å². The number of fused-ring (bicyclic) bond motifs is 2. The molecule has 0 atom stereocenters. The van der Waals surface area contributed by atoms with Gasteiger partial charge in [0.25, 0.3) is 0 Å². The molecule has 222 valence electrons. The Morgan fingerprint density at radius 3 is 1.20 bits per heavy atom. The highest BCUT2D eigenvalue weighted by molar-refractivity contribution is 6.02. The molecule has 0 saturated carbocycles. The number of benzene rings is 4. The minimum Gasteiger partial charge on any atom is -0.419 e. The smallest absolute Gasteiger partial charge is 0.338 e. The van der Waals surface area contributed by atoms with Crippen molar-refractivity contribution in [1.29, 1.82) is 0 Å². The van der Waals surface area contributed by atoms with Crippen LogP contribution in [0.4, 0.5) is 0 Å². The van der Waals surface area contributed by atoms with Gasteiger partial charge in [-0.05, 0) is 103 Å². The minimum atomic E-state index is -0.670. The van der Waals surface area contributed by atoms with Crippen LogP contribution in [-0.2, 0) is 19.2 Å². The lowest BCUT2D eigenvalue weighted by Gasteiger charge is -2.14. The molecule has 4 aromatic rings. The summed E-state index contributed by atoms with van der Waals surface area (Å²) in [7, 11) is 0. The minimum absolute atomic E-state index is 0.0458. The number of esters is 4. The molecule has 0 bridgehead atoms. The maximum absolute atomic E-state index is 12.3. The van der Waals surface area contributed by atoms with Gasteiger partial charge in [0, 0.05) is 22.3 Å². The van der Waals surface area contributed by atoms with Gasteiger partial charge in [-0.25, -0.2) is 19.2 Å². The quantitative estimate of drug-likeness (QED) is 0.0850. The van der Waals surface area contributed by atoms with Crippen molar-refractivity contribution in [2.45, 2.75) is 27.7 Å². The fourth-order valence-corrected chi connectivity index (χ4v) is 3.95. The van der Waals surface area contributed by atoms with E-state index >= 15 is 0 Å². The van der Waals surface area contributed by atoms with Crippen LogP contribution in [0.25, 0.3) is 32.7 Å². The van der Waals surface area contributed by atoms with E-state index in [1.165, 1.54) is 33.8 Å². The topological polar surface area (TPSA) is 105 Å². The van der Waals surface area contributed by atoms with E-state index in [0.717, 1.165) is 21.7 Å². The number of ether oxygens (including phenoxy) is 4. The zero-order valence-corrected chi connectivity index (χ0v) is 24.9. The van der Waals surface area contributed by atoms with Crippen molar-refractivity contribution in [3.63, 3.8) is 0 Å². The summed E-state index contributed by atoms with van der Waals surface area (Å²) in [5.41, 5.74) is 2.20. The normalized spacial score (nSPS) is 10.5. The molecule has 4 aromatic carbocycles. The van der Waals surface area contributed by atoms with Crippen molar-refractivity contribution >= 4 is 45.4 Å². The molecule has 0 fully saturated rings. The predicted molar refractivity (Wildman–Crippen MR) is 169 cm³/mol. The lowest BCUT2D eigenvalue weighted by Crippen LogP contribution is -2.12. The first kappa shape index (κ1) is 31.2. The largest absolute Gasteiger partial charge is 0.419 e. The number of hydrogen-bond acceptors (Lipinski definition) is 8. The average Bonchev–Trinajstić information content (AvgIpc) is 2.96. The van der Waals surface area contributed by atoms with Crippen molar-refractivity contribution in [3.8, 4) is 34.1 Å². The Labute approximate surface area is 254 Å². The molecule has 0 saturated heterocycles. The first-order valence-electron chi connectivity index (χ1n) is 13.4. The van der Waals surface area contributed by atoms with Crippen LogP contribution in [-0.4, -0.2) is 23.9 Å². The van der Waals surface area contributed by atoms with Gasteiger partial charge in [0.15, 0.2) is 23.0 Å². The third-order valence-corrected chi connectivity index (χ3v) is 6.34. The monoisotopic (exact) mass is 590 g/mol. The second-order valence-corrected chi connectivity index (χ2v) is 10.4. The molecule has 0 aromatic heterocycles. The van der Waals surface area contributed by atoms with Gasteiger partial charge in [-0.15, -0.1) is 0 Å². The molecule has 0 unspecified atom stereocenters. The van der Waals surface area contributed by atoms with Gasteiger partial charge in [-0.1, -0.05) is 44.5 Å². The van der Waals surface area contributed by atoms with E-state index in [2.05, 4.69) is 26.3 Å². The highest BCUT2D eigenvalue weighted by atomic mass is 16.6. The van der Waals surface area contributed by atoms with Crippen LogP contribution in [0.5, 0.6) is 23.0 Å². The molecule has 0 aliphatic rings. The van der Waals surface area contributed by atoms with Gasteiger partial charge < -0.3 is 18.9 Å². The molecule has 4 rings (SSSR count). The summed E-state index contributed by atoms with van der Waals surface area (Å²) in [4.78, 5) is 49.1. The molecule has 0 heterocycles.